The normalized spacial score (nSPS) is 12.5. The summed E-state index contributed by atoms with van der Waals surface area (Å²) in [6.45, 7) is 0. The molecule has 0 saturated carbocycles. The van der Waals surface area contributed by atoms with Gasteiger partial charge in [0.1, 0.15) is 0 Å². The van der Waals surface area contributed by atoms with Gasteiger partial charge in [-0.2, -0.15) is 52.7 Å². The Morgan fingerprint density at radius 1 is 0.500 bits per heavy atom. The van der Waals surface area contributed by atoms with Crippen LogP contribution in [-0.2, 0) is 26.7 Å². The maximum atomic E-state index is 11.3. The molecule has 0 aliphatic heterocycles. The Morgan fingerprint density at radius 2 is 0.667 bits per heavy atom. The van der Waals surface area contributed by atoms with Gasteiger partial charge in [-0.25, -0.2) is 0 Å². The van der Waals surface area contributed by atoms with Gasteiger partial charge in [0.15, 0.2) is 0 Å². The maximum absolute atomic E-state index is 11.3. The van der Waals surface area contributed by atoms with Gasteiger partial charge in [-0.1, -0.05) is 0 Å². The van der Waals surface area contributed by atoms with Crippen LogP contribution in [0, 0.1) is 0 Å². The van der Waals surface area contributed by atoms with Crippen molar-refractivity contribution in [2.45, 2.75) is 24.7 Å². The van der Waals surface area contributed by atoms with Crippen LogP contribution >= 0.6 is 0 Å². The number of halogens is 12. The smallest absolute Gasteiger partial charge is 0.869 e. The average molecular weight is 523 g/mol. The van der Waals surface area contributed by atoms with E-state index in [1.165, 1.54) is 0 Å². The van der Waals surface area contributed by atoms with Crippen LogP contribution in [-0.4, -0.2) is 52.7 Å². The van der Waals surface area contributed by atoms with Gasteiger partial charge in [-0.15, -0.1) is 0 Å². The van der Waals surface area contributed by atoms with Crippen molar-refractivity contribution in [3.05, 3.63) is 23.7 Å². The van der Waals surface area contributed by atoms with Crippen molar-refractivity contribution in [3.63, 3.8) is 0 Å². The molecule has 6 N–H and O–H groups in total. The zero-order valence-corrected chi connectivity index (χ0v) is 14.4. The van der Waals surface area contributed by atoms with Crippen molar-refractivity contribution in [1.82, 2.24) is 0 Å². The molecular weight excluding hydrogens is 515 g/mol. The van der Waals surface area contributed by atoms with Crippen LogP contribution in [0.4, 0.5) is 52.7 Å². The van der Waals surface area contributed by atoms with E-state index >= 15 is 0 Å². The number of ketones is 2. The molecule has 0 heterocycles. The zero-order chi connectivity index (χ0) is 21.7. The minimum Gasteiger partial charge on any atom is -0.869 e. The monoisotopic (exact) mass is 523 g/mol. The van der Waals surface area contributed by atoms with E-state index < -0.39 is 59.9 Å². The first kappa shape index (κ1) is 42.2. The van der Waals surface area contributed by atoms with E-state index in [1.54, 1.807) is 0 Å². The first-order chi connectivity index (χ1) is 11.1. The van der Waals surface area contributed by atoms with Gasteiger partial charge < -0.3 is 26.6 Å². The van der Waals surface area contributed by atoms with Gasteiger partial charge in [-0.3, -0.25) is 9.59 Å². The Morgan fingerprint density at radius 3 is 0.767 bits per heavy atom. The number of alkyl halides is 12. The van der Waals surface area contributed by atoms with Gasteiger partial charge in [0, 0.05) is 0 Å². The van der Waals surface area contributed by atoms with Crippen LogP contribution in [0.2, 0.25) is 0 Å². The molecule has 181 valence electrons. The van der Waals surface area contributed by atoms with E-state index in [2.05, 4.69) is 0 Å². The standard InChI is InChI=1S/2C5H2F6O2.Mn.3H2O/c2*6-4(7,8)2(12)1-3(13)5(9,10)11;;;;/h2*1,12H;;3*1H2/q;;+2;;;/p-2/b2*2-1-;;;;. The number of hydrogen-bond acceptors (Lipinski definition) is 4. The third-order valence-corrected chi connectivity index (χ3v) is 1.64. The number of allylic oxidation sites excluding steroid dienone is 4. The molecule has 0 bridgehead atoms. The molecule has 0 amide bonds. The van der Waals surface area contributed by atoms with Crippen molar-refractivity contribution in [1.29, 1.82) is 0 Å². The predicted octanol–water partition coefficient (Wildman–Crippen LogP) is -0.628. The summed E-state index contributed by atoms with van der Waals surface area (Å²) in [5.74, 6) is -11.3. The van der Waals surface area contributed by atoms with E-state index in [9.17, 15) is 72.5 Å². The number of hydrogen-bond donors (Lipinski definition) is 0. The molecule has 0 aliphatic carbocycles. The summed E-state index contributed by atoms with van der Waals surface area (Å²) < 4.78 is 136. The maximum Gasteiger partial charge on any atom is 2.00 e. The topological polar surface area (TPSA) is 175 Å². The summed E-state index contributed by atoms with van der Waals surface area (Å²) in [7, 11) is 0. The molecule has 0 aromatic rings. The van der Waals surface area contributed by atoms with Crippen LogP contribution in [0.5, 0.6) is 0 Å². The van der Waals surface area contributed by atoms with E-state index in [4.69, 9.17) is 0 Å². The molecule has 0 atom stereocenters. The quantitative estimate of drug-likeness (QED) is 0.203. The summed E-state index contributed by atoms with van der Waals surface area (Å²) in [6, 6.07) is 0. The second-order valence-corrected chi connectivity index (χ2v) is 3.74. The van der Waals surface area contributed by atoms with E-state index in [-0.39, 0.29) is 33.5 Å². The Hall–Kier alpha value is -2.02. The molecule has 20 heteroatoms. The molecule has 1 radical (unpaired) electrons. The summed E-state index contributed by atoms with van der Waals surface area (Å²) in [5.41, 5.74) is 0. The van der Waals surface area contributed by atoms with Gasteiger partial charge >= 0.3 is 41.8 Å². The van der Waals surface area contributed by atoms with Crippen molar-refractivity contribution >= 4 is 11.6 Å². The molecule has 0 saturated heterocycles. The Balaban J connectivity index is -0.0000000847. The number of carbonyl (C=O) groups is 2. The molecular formula is C10H8F12MnO7. The molecule has 0 spiro atoms. The summed E-state index contributed by atoms with van der Waals surface area (Å²) in [4.78, 5) is 19.6. The van der Waals surface area contributed by atoms with Crippen LogP contribution < -0.4 is 10.2 Å². The van der Waals surface area contributed by atoms with Crippen molar-refractivity contribution < 1.29 is 106 Å². The third-order valence-electron chi connectivity index (χ3n) is 1.64. The third kappa shape index (κ3) is 18.0. The van der Waals surface area contributed by atoms with E-state index in [1.807, 2.05) is 0 Å². The zero-order valence-electron chi connectivity index (χ0n) is 13.2. The minimum atomic E-state index is -5.46. The number of carbonyl (C=O) groups excluding carboxylic acids is 2. The SMILES string of the molecule is O.O.O.O=C(/C=C(\[O-])C(F)(F)F)C(F)(F)F.O=C(/C=C(\[O-])C(F)(F)F)C(F)(F)F.[Mn+2]. The average Bonchev–Trinajstić information content (AvgIpc) is 2.34. The molecule has 30 heavy (non-hydrogen) atoms. The van der Waals surface area contributed by atoms with Crippen molar-refractivity contribution in [2.75, 3.05) is 0 Å². The summed E-state index contributed by atoms with van der Waals surface area (Å²) in [6.07, 6.45) is -23.9. The molecule has 0 fully saturated rings. The van der Waals surface area contributed by atoms with Crippen LogP contribution in [0.3, 0.4) is 0 Å². The van der Waals surface area contributed by atoms with E-state index in [0.717, 1.165) is 0 Å². The molecule has 0 unspecified atom stereocenters. The Bertz CT molecular complexity index is 534. The summed E-state index contributed by atoms with van der Waals surface area (Å²) >= 11 is 0. The van der Waals surface area contributed by atoms with E-state index in [0.29, 0.717) is 0 Å². The fraction of sp³-hybridized carbons (Fsp3) is 0.400. The van der Waals surface area contributed by atoms with Crippen LogP contribution in [0.1, 0.15) is 0 Å². The van der Waals surface area contributed by atoms with Gasteiger partial charge in [0.2, 0.25) is 0 Å². The van der Waals surface area contributed by atoms with Gasteiger partial charge in [-0.05, 0) is 23.7 Å². The minimum absolute atomic E-state index is 0. The predicted molar refractivity (Wildman–Crippen MR) is 61.2 cm³/mol. The Labute approximate surface area is 167 Å². The van der Waals surface area contributed by atoms with Gasteiger partial charge in [0.05, 0.1) is 0 Å². The molecule has 0 aliphatic rings. The second kappa shape index (κ2) is 14.1. The van der Waals surface area contributed by atoms with Crippen molar-refractivity contribution in [3.8, 4) is 0 Å². The molecule has 0 rings (SSSR count). The summed E-state index contributed by atoms with van der Waals surface area (Å²) in [5, 5.41) is 19.6. The second-order valence-electron chi connectivity index (χ2n) is 3.74. The fourth-order valence-corrected chi connectivity index (χ4v) is 0.565. The van der Waals surface area contributed by atoms with Crippen LogP contribution in [0.25, 0.3) is 0 Å². The van der Waals surface area contributed by atoms with Crippen molar-refractivity contribution in [2.24, 2.45) is 0 Å². The van der Waals surface area contributed by atoms with Crippen LogP contribution in [0.15, 0.2) is 23.7 Å². The van der Waals surface area contributed by atoms with Gasteiger partial charge in [0.25, 0.3) is 11.6 Å². The molecule has 0 aromatic heterocycles. The number of rotatable bonds is 2. The fourth-order valence-electron chi connectivity index (χ4n) is 0.565. The molecule has 7 nitrogen and oxygen atoms in total. The Kier molecular flexibility index (Phi) is 19.8. The largest absolute Gasteiger partial charge is 2.00 e. The first-order valence-electron chi connectivity index (χ1n) is 5.24. The first-order valence-corrected chi connectivity index (χ1v) is 5.24. The molecule has 0 aromatic carbocycles.